The number of hydrogen-bond acceptors (Lipinski definition) is 3. The van der Waals surface area contributed by atoms with Crippen LogP contribution in [0, 0.1) is 0 Å². The predicted octanol–water partition coefficient (Wildman–Crippen LogP) is 3.08. The molecule has 0 bridgehead atoms. The van der Waals surface area contributed by atoms with Crippen molar-refractivity contribution in [2.45, 2.75) is 17.1 Å². The van der Waals surface area contributed by atoms with Gasteiger partial charge in [0, 0.05) is 18.6 Å². The summed E-state index contributed by atoms with van der Waals surface area (Å²) < 4.78 is 4.92. The second-order valence-corrected chi connectivity index (χ2v) is 5.97. The standard InChI is InChI=1S/C16H19NO2S/c1-12(16(18)17-9-10-19-2)20-15-8-7-13-5-3-4-6-14(13)11-15/h3-8,11-12H,9-10H2,1-2H3,(H,17,18)/t12-/m1/s1. The zero-order valence-electron chi connectivity index (χ0n) is 11.8. The highest BCUT2D eigenvalue weighted by molar-refractivity contribution is 8.00. The average Bonchev–Trinajstić information content (AvgIpc) is 2.47. The fraction of sp³-hybridized carbons (Fsp3) is 0.312. The van der Waals surface area contributed by atoms with Gasteiger partial charge in [0.25, 0.3) is 0 Å². The van der Waals surface area contributed by atoms with Gasteiger partial charge in [-0.1, -0.05) is 30.3 Å². The summed E-state index contributed by atoms with van der Waals surface area (Å²) in [6.45, 7) is 3.01. The van der Waals surface area contributed by atoms with E-state index in [1.54, 1.807) is 18.9 Å². The highest BCUT2D eigenvalue weighted by Gasteiger charge is 2.13. The van der Waals surface area contributed by atoms with Gasteiger partial charge in [0.05, 0.1) is 11.9 Å². The lowest BCUT2D eigenvalue weighted by atomic mass is 10.1. The lowest BCUT2D eigenvalue weighted by Gasteiger charge is -2.12. The molecule has 2 aromatic rings. The van der Waals surface area contributed by atoms with E-state index >= 15 is 0 Å². The molecule has 0 fully saturated rings. The Bertz CT molecular complexity index is 585. The molecule has 4 heteroatoms. The van der Waals surface area contributed by atoms with Crippen molar-refractivity contribution >= 4 is 28.4 Å². The molecule has 20 heavy (non-hydrogen) atoms. The number of benzene rings is 2. The van der Waals surface area contributed by atoms with Gasteiger partial charge >= 0.3 is 0 Å². The molecule has 0 saturated carbocycles. The first-order valence-corrected chi connectivity index (χ1v) is 7.51. The Hall–Kier alpha value is -1.52. The van der Waals surface area contributed by atoms with Crippen LogP contribution >= 0.6 is 11.8 Å². The van der Waals surface area contributed by atoms with E-state index in [0.717, 1.165) is 4.90 Å². The Labute approximate surface area is 123 Å². The molecule has 0 spiro atoms. The maximum absolute atomic E-state index is 11.9. The quantitative estimate of drug-likeness (QED) is 0.656. The van der Waals surface area contributed by atoms with Gasteiger partial charge in [0.2, 0.25) is 5.91 Å². The second-order valence-electron chi connectivity index (χ2n) is 4.55. The zero-order chi connectivity index (χ0) is 14.4. The van der Waals surface area contributed by atoms with E-state index < -0.39 is 0 Å². The van der Waals surface area contributed by atoms with Gasteiger partial charge in [-0.05, 0) is 29.8 Å². The van der Waals surface area contributed by atoms with Crippen LogP contribution in [-0.2, 0) is 9.53 Å². The molecule has 0 heterocycles. The topological polar surface area (TPSA) is 38.3 Å². The summed E-state index contributed by atoms with van der Waals surface area (Å²) in [5.74, 6) is 0.0419. The van der Waals surface area contributed by atoms with Gasteiger partial charge in [-0.15, -0.1) is 11.8 Å². The number of amides is 1. The Morgan fingerprint density at radius 1 is 1.25 bits per heavy atom. The maximum Gasteiger partial charge on any atom is 0.233 e. The molecule has 1 atom stereocenters. The summed E-state index contributed by atoms with van der Waals surface area (Å²) in [4.78, 5) is 13.0. The minimum atomic E-state index is -0.118. The van der Waals surface area contributed by atoms with E-state index in [1.165, 1.54) is 10.8 Å². The van der Waals surface area contributed by atoms with Gasteiger partial charge in [-0.2, -0.15) is 0 Å². The Morgan fingerprint density at radius 2 is 2.00 bits per heavy atom. The number of thioether (sulfide) groups is 1. The summed E-state index contributed by atoms with van der Waals surface area (Å²) in [5.41, 5.74) is 0. The molecule has 0 aliphatic carbocycles. The molecule has 106 valence electrons. The first kappa shape index (κ1) is 14.9. The molecular weight excluding hydrogens is 270 g/mol. The molecule has 0 saturated heterocycles. The number of fused-ring (bicyclic) bond motifs is 1. The van der Waals surface area contributed by atoms with Crippen molar-refractivity contribution in [3.05, 3.63) is 42.5 Å². The first-order chi connectivity index (χ1) is 9.70. The van der Waals surface area contributed by atoms with Crippen LogP contribution in [0.5, 0.6) is 0 Å². The van der Waals surface area contributed by atoms with Gasteiger partial charge in [-0.3, -0.25) is 4.79 Å². The number of rotatable bonds is 6. The van der Waals surface area contributed by atoms with Crippen LogP contribution in [0.3, 0.4) is 0 Å². The van der Waals surface area contributed by atoms with Gasteiger partial charge in [0.1, 0.15) is 0 Å². The number of methoxy groups -OCH3 is 1. The summed E-state index contributed by atoms with van der Waals surface area (Å²) in [7, 11) is 1.62. The molecule has 0 aliphatic heterocycles. The van der Waals surface area contributed by atoms with Gasteiger partial charge in [0.15, 0.2) is 0 Å². The molecule has 1 N–H and O–H groups in total. The van der Waals surface area contributed by atoms with E-state index in [4.69, 9.17) is 4.74 Å². The molecule has 2 aromatic carbocycles. The lowest BCUT2D eigenvalue weighted by Crippen LogP contribution is -2.33. The van der Waals surface area contributed by atoms with Crippen LogP contribution in [0.4, 0.5) is 0 Å². The van der Waals surface area contributed by atoms with Crippen molar-refractivity contribution in [2.75, 3.05) is 20.3 Å². The van der Waals surface area contributed by atoms with E-state index in [0.29, 0.717) is 13.2 Å². The fourth-order valence-corrected chi connectivity index (χ4v) is 2.86. The summed E-state index contributed by atoms with van der Waals surface area (Å²) in [5, 5.41) is 5.15. The molecule has 0 aliphatic rings. The van der Waals surface area contributed by atoms with Crippen molar-refractivity contribution in [3.63, 3.8) is 0 Å². The highest BCUT2D eigenvalue weighted by Crippen LogP contribution is 2.26. The summed E-state index contributed by atoms with van der Waals surface area (Å²) in [6, 6.07) is 14.5. The van der Waals surface area contributed by atoms with Crippen LogP contribution in [-0.4, -0.2) is 31.4 Å². The van der Waals surface area contributed by atoms with Crippen molar-refractivity contribution in [3.8, 4) is 0 Å². The molecule has 3 nitrogen and oxygen atoms in total. The van der Waals surface area contributed by atoms with E-state index in [9.17, 15) is 4.79 Å². The van der Waals surface area contributed by atoms with Crippen LogP contribution in [0.15, 0.2) is 47.4 Å². The number of hydrogen-bond donors (Lipinski definition) is 1. The third-order valence-electron chi connectivity index (χ3n) is 3.01. The molecule has 0 radical (unpaired) electrons. The van der Waals surface area contributed by atoms with Crippen LogP contribution in [0.25, 0.3) is 10.8 Å². The fourth-order valence-electron chi connectivity index (χ4n) is 1.92. The Balaban J connectivity index is 1.98. The number of carbonyl (C=O) groups excluding carboxylic acids is 1. The number of nitrogens with one attached hydrogen (secondary N) is 1. The Kier molecular flexibility index (Phi) is 5.44. The second kappa shape index (κ2) is 7.31. The SMILES string of the molecule is COCCNC(=O)[C@@H](C)Sc1ccc2ccccc2c1. The van der Waals surface area contributed by atoms with Crippen LogP contribution in [0.1, 0.15) is 6.92 Å². The predicted molar refractivity (Wildman–Crippen MR) is 84.2 cm³/mol. The zero-order valence-corrected chi connectivity index (χ0v) is 12.6. The van der Waals surface area contributed by atoms with E-state index in [1.807, 2.05) is 19.1 Å². The molecule has 0 unspecified atom stereocenters. The first-order valence-electron chi connectivity index (χ1n) is 6.63. The third kappa shape index (κ3) is 3.99. The van der Waals surface area contributed by atoms with Crippen molar-refractivity contribution < 1.29 is 9.53 Å². The molecule has 0 aromatic heterocycles. The average molecular weight is 289 g/mol. The number of ether oxygens (including phenoxy) is 1. The minimum Gasteiger partial charge on any atom is -0.383 e. The minimum absolute atomic E-state index is 0.0419. The van der Waals surface area contributed by atoms with E-state index in [-0.39, 0.29) is 11.2 Å². The summed E-state index contributed by atoms with van der Waals surface area (Å²) in [6.07, 6.45) is 0. The van der Waals surface area contributed by atoms with E-state index in [2.05, 4.69) is 35.6 Å². The molecular formula is C16H19NO2S. The van der Waals surface area contributed by atoms with Crippen molar-refractivity contribution in [1.29, 1.82) is 0 Å². The molecule has 1 amide bonds. The normalized spacial score (nSPS) is 12.3. The largest absolute Gasteiger partial charge is 0.383 e. The maximum atomic E-state index is 11.9. The monoisotopic (exact) mass is 289 g/mol. The van der Waals surface area contributed by atoms with Crippen LogP contribution < -0.4 is 5.32 Å². The summed E-state index contributed by atoms with van der Waals surface area (Å²) >= 11 is 1.57. The number of carbonyl (C=O) groups is 1. The van der Waals surface area contributed by atoms with Gasteiger partial charge in [-0.25, -0.2) is 0 Å². The van der Waals surface area contributed by atoms with Crippen molar-refractivity contribution in [1.82, 2.24) is 5.32 Å². The van der Waals surface area contributed by atoms with Crippen LogP contribution in [0.2, 0.25) is 0 Å². The lowest BCUT2D eigenvalue weighted by molar-refractivity contribution is -0.120. The molecule has 2 rings (SSSR count). The third-order valence-corrected chi connectivity index (χ3v) is 4.10. The van der Waals surface area contributed by atoms with Crippen molar-refractivity contribution in [2.24, 2.45) is 0 Å². The van der Waals surface area contributed by atoms with Gasteiger partial charge < -0.3 is 10.1 Å². The smallest absolute Gasteiger partial charge is 0.233 e. The Morgan fingerprint density at radius 3 is 2.75 bits per heavy atom. The highest BCUT2D eigenvalue weighted by atomic mass is 32.2.